The molecule has 3 aliphatic heterocycles. The van der Waals surface area contributed by atoms with Gasteiger partial charge in [0.15, 0.2) is 0 Å². The van der Waals surface area contributed by atoms with E-state index in [1.54, 1.807) is 0 Å². The minimum Gasteiger partial charge on any atom is -0.491 e. The van der Waals surface area contributed by atoms with Crippen molar-refractivity contribution in [3.05, 3.63) is 46.5 Å². The summed E-state index contributed by atoms with van der Waals surface area (Å²) in [5.41, 5.74) is 6.69. The van der Waals surface area contributed by atoms with Crippen LogP contribution in [-0.4, -0.2) is 84.0 Å². The summed E-state index contributed by atoms with van der Waals surface area (Å²) in [7, 11) is 0. The minimum atomic E-state index is -0.128. The fraction of sp³-hybridized carbons (Fsp3) is 0.677. The molecule has 2 saturated heterocycles. The van der Waals surface area contributed by atoms with Crippen LogP contribution < -0.4 is 11.1 Å². The Morgan fingerprint density at radius 3 is 2.65 bits per heavy atom. The van der Waals surface area contributed by atoms with Crippen molar-refractivity contribution in [3.63, 3.8) is 0 Å². The first-order valence-corrected chi connectivity index (χ1v) is 15.6. The number of ether oxygens (including phenoxy) is 1. The van der Waals surface area contributed by atoms with E-state index in [0.29, 0.717) is 29.7 Å². The second-order valence-electron chi connectivity index (χ2n) is 12.3. The highest BCUT2D eigenvalue weighted by molar-refractivity contribution is 6.30. The third-order valence-corrected chi connectivity index (χ3v) is 9.63. The van der Waals surface area contributed by atoms with Crippen LogP contribution in [0.1, 0.15) is 64.7 Å². The number of likely N-dealkylation sites (tertiary alicyclic amines) is 2. The lowest BCUT2D eigenvalue weighted by atomic mass is 9.86. The molecule has 5 aliphatic rings. The number of aliphatic imine (C=N–C) groups is 1. The van der Waals surface area contributed by atoms with Crippen molar-refractivity contribution in [2.75, 3.05) is 32.7 Å². The third kappa shape index (κ3) is 7.78. The number of rotatable bonds is 7. The van der Waals surface area contributed by atoms with Crippen LogP contribution >= 0.6 is 11.6 Å². The van der Waals surface area contributed by atoms with Crippen molar-refractivity contribution >= 4 is 23.7 Å². The van der Waals surface area contributed by atoms with Crippen LogP contribution in [0.5, 0.6) is 0 Å². The molecule has 3 heterocycles. The maximum absolute atomic E-state index is 13.1. The van der Waals surface area contributed by atoms with Gasteiger partial charge in [0, 0.05) is 68.0 Å². The van der Waals surface area contributed by atoms with E-state index >= 15 is 0 Å². The number of piperidine rings is 2. The summed E-state index contributed by atoms with van der Waals surface area (Å²) in [5.74, 6) is 3.02. The normalized spacial score (nSPS) is 32.4. The summed E-state index contributed by atoms with van der Waals surface area (Å²) >= 11 is 6.19. The number of nitrogens with one attached hydrogen (secondary N) is 1. The summed E-state index contributed by atoms with van der Waals surface area (Å²) in [5, 5.41) is 13.7. The van der Waals surface area contributed by atoms with Gasteiger partial charge in [0.25, 0.3) is 0 Å². The summed E-state index contributed by atoms with van der Waals surface area (Å²) in [6.45, 7) is 7.46. The largest absolute Gasteiger partial charge is 0.491 e. The van der Waals surface area contributed by atoms with Crippen molar-refractivity contribution < 1.29 is 14.6 Å². The average Bonchev–Trinajstić information content (AvgIpc) is 3.21. The quantitative estimate of drug-likeness (QED) is 0.429. The number of halogens is 1. The molecule has 1 saturated carbocycles. The molecule has 0 aromatic carbocycles. The van der Waals surface area contributed by atoms with Crippen molar-refractivity contribution in [1.29, 1.82) is 0 Å². The molecule has 3 atom stereocenters. The molecule has 0 bridgehead atoms. The van der Waals surface area contributed by atoms with Gasteiger partial charge in [0.2, 0.25) is 5.91 Å². The van der Waals surface area contributed by atoms with E-state index in [9.17, 15) is 9.90 Å². The molecule has 8 nitrogen and oxygen atoms in total. The Morgan fingerprint density at radius 1 is 1.15 bits per heavy atom. The van der Waals surface area contributed by atoms with E-state index in [4.69, 9.17) is 27.1 Å². The van der Waals surface area contributed by atoms with Gasteiger partial charge in [-0.1, -0.05) is 18.5 Å². The highest BCUT2D eigenvalue weighted by Crippen LogP contribution is 2.30. The number of carbonyl (C=O) groups excluding carboxylic acids is 1. The van der Waals surface area contributed by atoms with Crippen molar-refractivity contribution in [2.45, 2.75) is 89.0 Å². The van der Waals surface area contributed by atoms with Gasteiger partial charge in [0.05, 0.1) is 12.2 Å². The lowest BCUT2D eigenvalue weighted by Gasteiger charge is -2.41. The zero-order valence-electron chi connectivity index (χ0n) is 23.8. The van der Waals surface area contributed by atoms with E-state index in [1.807, 2.05) is 30.5 Å². The Morgan fingerprint density at radius 2 is 1.93 bits per heavy atom. The molecule has 3 fully saturated rings. The molecule has 0 aromatic heterocycles. The Kier molecular flexibility index (Phi) is 10.0. The van der Waals surface area contributed by atoms with Gasteiger partial charge in [-0.2, -0.15) is 0 Å². The maximum Gasteiger partial charge on any atom is 0.247 e. The van der Waals surface area contributed by atoms with E-state index in [1.165, 1.54) is 0 Å². The SMILES string of the molecule is CC1CN(C2=CC=C(C(=O)NC3CCC(OC4=CCC(N)C(Cl)=C4)CC3)CC=N2)CCC1CN1CCC(O)CC1. The van der Waals surface area contributed by atoms with Gasteiger partial charge in [-0.3, -0.25) is 4.79 Å². The Labute approximate surface area is 244 Å². The number of carbonyl (C=O) groups is 1. The van der Waals surface area contributed by atoms with Crippen molar-refractivity contribution in [3.8, 4) is 0 Å². The minimum absolute atomic E-state index is 0.00531. The lowest BCUT2D eigenvalue weighted by molar-refractivity contribution is -0.118. The zero-order chi connectivity index (χ0) is 28.1. The number of hydrogen-bond acceptors (Lipinski definition) is 7. The molecule has 9 heteroatoms. The van der Waals surface area contributed by atoms with Crippen LogP contribution in [0.4, 0.5) is 0 Å². The number of aliphatic hydroxyl groups is 1. The predicted molar refractivity (Wildman–Crippen MR) is 160 cm³/mol. The number of amides is 1. The van der Waals surface area contributed by atoms with Crippen LogP contribution in [0, 0.1) is 11.8 Å². The van der Waals surface area contributed by atoms with Crippen LogP contribution in [0.25, 0.3) is 0 Å². The van der Waals surface area contributed by atoms with E-state index in [0.717, 1.165) is 94.8 Å². The number of nitrogens with zero attached hydrogens (tertiary/aromatic N) is 3. The van der Waals surface area contributed by atoms with Crippen LogP contribution in [-0.2, 0) is 9.53 Å². The number of nitrogens with two attached hydrogens (primary N) is 1. The van der Waals surface area contributed by atoms with Gasteiger partial charge in [0.1, 0.15) is 11.6 Å². The predicted octanol–water partition coefficient (Wildman–Crippen LogP) is 3.83. The molecule has 3 unspecified atom stereocenters. The summed E-state index contributed by atoms with van der Waals surface area (Å²) in [4.78, 5) is 22.7. The van der Waals surface area contributed by atoms with Crippen LogP contribution in [0.15, 0.2) is 51.5 Å². The zero-order valence-corrected chi connectivity index (χ0v) is 24.6. The summed E-state index contributed by atoms with van der Waals surface area (Å²) in [6, 6.07) is 0.0318. The summed E-state index contributed by atoms with van der Waals surface area (Å²) < 4.78 is 6.14. The molecular formula is C31H46ClN5O3. The third-order valence-electron chi connectivity index (χ3n) is 9.24. The number of allylic oxidation sites excluding steroid dienone is 3. The molecule has 0 radical (unpaired) electrons. The van der Waals surface area contributed by atoms with Crippen molar-refractivity contribution in [1.82, 2.24) is 15.1 Å². The van der Waals surface area contributed by atoms with E-state index < -0.39 is 0 Å². The molecule has 40 heavy (non-hydrogen) atoms. The molecule has 1 amide bonds. The molecule has 5 rings (SSSR count). The summed E-state index contributed by atoms with van der Waals surface area (Å²) in [6.07, 6.45) is 17.5. The second-order valence-corrected chi connectivity index (χ2v) is 12.7. The first-order chi connectivity index (χ1) is 19.3. The number of hydrogen-bond donors (Lipinski definition) is 3. The topological polar surface area (TPSA) is 103 Å². The first-order valence-electron chi connectivity index (χ1n) is 15.2. The Hall–Kier alpha value is -2.13. The fourth-order valence-electron chi connectivity index (χ4n) is 6.52. The molecule has 0 aromatic rings. The molecule has 220 valence electrons. The smallest absolute Gasteiger partial charge is 0.247 e. The second kappa shape index (κ2) is 13.7. The number of aliphatic hydroxyl groups excluding tert-OH is 1. The van der Waals surface area contributed by atoms with Crippen molar-refractivity contribution in [2.24, 2.45) is 22.6 Å². The van der Waals surface area contributed by atoms with E-state index in [-0.39, 0.29) is 30.2 Å². The monoisotopic (exact) mass is 571 g/mol. The standard InChI is InChI=1S/C31H46ClN5O3/c1-21-19-37(17-11-23(21)20-36-15-12-25(38)13-16-36)30-9-2-22(10-14-34-30)31(39)35-24-3-5-26(6-4-24)40-27-7-8-29(33)28(32)18-27/h2,7,9,14,18,21,23-26,29,38H,3-6,8,10-13,15-17,19-20,33H2,1H3,(H,35,39). The average molecular weight is 572 g/mol. The van der Waals surface area contributed by atoms with Gasteiger partial charge in [-0.25, -0.2) is 4.99 Å². The van der Waals surface area contributed by atoms with Gasteiger partial charge < -0.3 is 30.7 Å². The van der Waals surface area contributed by atoms with Gasteiger partial charge in [-0.15, -0.1) is 0 Å². The van der Waals surface area contributed by atoms with Gasteiger partial charge >= 0.3 is 0 Å². The molecule has 0 spiro atoms. The van der Waals surface area contributed by atoms with Crippen LogP contribution in [0.2, 0.25) is 0 Å². The molecule has 2 aliphatic carbocycles. The maximum atomic E-state index is 13.1. The highest BCUT2D eigenvalue weighted by atomic mass is 35.5. The lowest BCUT2D eigenvalue weighted by Crippen LogP contribution is -2.45. The molecule has 4 N–H and O–H groups in total. The first kappa shape index (κ1) is 29.4. The van der Waals surface area contributed by atoms with E-state index in [2.05, 4.69) is 22.0 Å². The molecular weight excluding hydrogens is 526 g/mol. The fourth-order valence-corrected chi connectivity index (χ4v) is 6.72. The Bertz CT molecular complexity index is 1050. The highest BCUT2D eigenvalue weighted by Gasteiger charge is 2.30. The van der Waals surface area contributed by atoms with Gasteiger partial charge in [-0.05, 0) is 87.5 Å². The van der Waals surface area contributed by atoms with Crippen LogP contribution in [0.3, 0.4) is 0 Å². The Balaban J connectivity index is 1.07.